The van der Waals surface area contributed by atoms with E-state index in [1.54, 1.807) is 24.3 Å². The summed E-state index contributed by atoms with van der Waals surface area (Å²) in [5.74, 6) is 1.41. The van der Waals surface area contributed by atoms with E-state index in [9.17, 15) is 18.4 Å². The van der Waals surface area contributed by atoms with Crippen LogP contribution >= 0.6 is 11.8 Å². The molecule has 1 fully saturated rings. The Bertz CT molecular complexity index is 938. The molecule has 30 heavy (non-hydrogen) atoms. The molecule has 2 aromatic rings. The van der Waals surface area contributed by atoms with Crippen LogP contribution in [-0.2, 0) is 6.18 Å². The fourth-order valence-electron chi connectivity index (χ4n) is 3.38. The van der Waals surface area contributed by atoms with Crippen molar-refractivity contribution in [1.82, 2.24) is 9.88 Å². The van der Waals surface area contributed by atoms with E-state index in [1.165, 1.54) is 26.0 Å². The monoisotopic (exact) mass is 437 g/mol. The van der Waals surface area contributed by atoms with Crippen molar-refractivity contribution in [3.05, 3.63) is 35.4 Å². The van der Waals surface area contributed by atoms with Crippen molar-refractivity contribution < 1.29 is 22.6 Å². The van der Waals surface area contributed by atoms with E-state index in [0.717, 1.165) is 38.5 Å². The van der Waals surface area contributed by atoms with E-state index >= 15 is 0 Å². The number of aromatic nitrogens is 1. The van der Waals surface area contributed by atoms with Crippen LogP contribution in [0.3, 0.4) is 0 Å². The van der Waals surface area contributed by atoms with E-state index in [2.05, 4.69) is 9.88 Å². The van der Waals surface area contributed by atoms with Crippen molar-refractivity contribution in [2.75, 3.05) is 39.6 Å². The van der Waals surface area contributed by atoms with Crippen molar-refractivity contribution in [2.45, 2.75) is 24.0 Å². The van der Waals surface area contributed by atoms with Crippen LogP contribution < -0.4 is 9.47 Å². The maximum absolute atomic E-state index is 13.7. The van der Waals surface area contributed by atoms with Crippen molar-refractivity contribution in [3.8, 4) is 28.8 Å². The van der Waals surface area contributed by atoms with Gasteiger partial charge in [0.2, 0.25) is 0 Å². The smallest absolute Gasteiger partial charge is 0.417 e. The summed E-state index contributed by atoms with van der Waals surface area (Å²) in [7, 11) is 2.93. The minimum Gasteiger partial charge on any atom is -0.493 e. The SMILES string of the molecule is COc1ccc(-c2cc(C(F)(F)F)c(C#N)c(SCCN3CCCC3)n2)cc1OC. The highest BCUT2D eigenvalue weighted by molar-refractivity contribution is 7.99. The van der Waals surface area contributed by atoms with Gasteiger partial charge in [-0.3, -0.25) is 0 Å². The van der Waals surface area contributed by atoms with E-state index in [0.29, 0.717) is 22.8 Å². The second kappa shape index (κ2) is 9.58. The summed E-state index contributed by atoms with van der Waals surface area (Å²) in [6.07, 6.45) is -2.39. The van der Waals surface area contributed by atoms with Crippen LogP contribution in [0.15, 0.2) is 29.3 Å². The number of alkyl halides is 3. The summed E-state index contributed by atoms with van der Waals surface area (Å²) >= 11 is 1.18. The minimum absolute atomic E-state index is 0.0938. The topological polar surface area (TPSA) is 58.4 Å². The molecule has 1 aromatic carbocycles. The molecule has 0 spiro atoms. The summed E-state index contributed by atoms with van der Waals surface area (Å²) in [5.41, 5.74) is -0.832. The van der Waals surface area contributed by atoms with Gasteiger partial charge in [-0.25, -0.2) is 4.98 Å². The third-order valence-electron chi connectivity index (χ3n) is 4.93. The summed E-state index contributed by atoms with van der Waals surface area (Å²) < 4.78 is 51.6. The first-order valence-electron chi connectivity index (χ1n) is 9.47. The molecule has 1 saturated heterocycles. The van der Waals surface area contributed by atoms with Crippen molar-refractivity contribution >= 4 is 11.8 Å². The number of methoxy groups -OCH3 is 2. The second-order valence-electron chi connectivity index (χ2n) is 6.81. The van der Waals surface area contributed by atoms with E-state index in [4.69, 9.17) is 9.47 Å². The first-order chi connectivity index (χ1) is 14.4. The van der Waals surface area contributed by atoms with Gasteiger partial charge in [-0.15, -0.1) is 11.8 Å². The van der Waals surface area contributed by atoms with Crippen molar-refractivity contribution in [2.24, 2.45) is 0 Å². The number of hydrogen-bond acceptors (Lipinski definition) is 6. The normalized spacial score (nSPS) is 14.5. The number of nitrogens with zero attached hydrogens (tertiary/aromatic N) is 3. The molecule has 0 atom stereocenters. The molecular formula is C21H22F3N3O2S. The van der Waals surface area contributed by atoms with E-state index < -0.39 is 17.3 Å². The molecule has 1 aromatic heterocycles. The molecule has 0 radical (unpaired) electrons. The number of nitriles is 1. The number of rotatable bonds is 7. The number of pyridine rings is 1. The molecule has 2 heterocycles. The Balaban J connectivity index is 1.99. The van der Waals surface area contributed by atoms with Crippen LogP contribution in [-0.4, -0.2) is 49.5 Å². The number of thioether (sulfide) groups is 1. The van der Waals surface area contributed by atoms with Crippen LogP contribution in [0.5, 0.6) is 11.5 Å². The van der Waals surface area contributed by atoms with Gasteiger partial charge in [-0.05, 0) is 50.2 Å². The molecule has 1 aliphatic rings. The largest absolute Gasteiger partial charge is 0.493 e. The molecule has 0 saturated carbocycles. The van der Waals surface area contributed by atoms with Crippen LogP contribution in [0.1, 0.15) is 24.0 Å². The Kier molecular flexibility index (Phi) is 7.10. The standard InChI is InChI=1S/C21H22F3N3O2S/c1-28-18-6-5-14(11-19(18)29-2)17-12-16(21(22,23)24)15(13-25)20(26-17)30-10-9-27-7-3-4-8-27/h5-6,11-12H,3-4,7-10H2,1-2H3. The van der Waals surface area contributed by atoms with Crippen LogP contribution in [0.4, 0.5) is 13.2 Å². The predicted molar refractivity (Wildman–Crippen MR) is 109 cm³/mol. The lowest BCUT2D eigenvalue weighted by Gasteiger charge is -2.17. The predicted octanol–water partition coefficient (Wildman–Crippen LogP) is 4.84. The number of ether oxygens (including phenoxy) is 2. The fraction of sp³-hybridized carbons (Fsp3) is 0.429. The maximum atomic E-state index is 13.7. The Morgan fingerprint density at radius 1 is 1.13 bits per heavy atom. The van der Waals surface area contributed by atoms with E-state index in [-0.39, 0.29) is 10.7 Å². The average molecular weight is 437 g/mol. The Labute approximate surface area is 177 Å². The second-order valence-corrected chi connectivity index (χ2v) is 7.90. The van der Waals surface area contributed by atoms with Gasteiger partial charge in [0, 0.05) is 17.9 Å². The molecule has 0 bridgehead atoms. The lowest BCUT2D eigenvalue weighted by atomic mass is 10.0. The molecule has 160 valence electrons. The Hall–Kier alpha value is -2.44. The highest BCUT2D eigenvalue weighted by atomic mass is 32.2. The fourth-order valence-corrected chi connectivity index (χ4v) is 4.38. The van der Waals surface area contributed by atoms with Crippen molar-refractivity contribution in [3.63, 3.8) is 0 Å². The highest BCUT2D eigenvalue weighted by Crippen LogP contribution is 2.39. The summed E-state index contributed by atoms with van der Waals surface area (Å²) in [6, 6.07) is 7.44. The van der Waals surface area contributed by atoms with Crippen LogP contribution in [0, 0.1) is 11.3 Å². The van der Waals surface area contributed by atoms with Gasteiger partial charge in [0.15, 0.2) is 11.5 Å². The Morgan fingerprint density at radius 2 is 1.83 bits per heavy atom. The zero-order valence-electron chi connectivity index (χ0n) is 16.8. The molecular weight excluding hydrogens is 415 g/mol. The first kappa shape index (κ1) is 22.2. The minimum atomic E-state index is -4.66. The van der Waals surface area contributed by atoms with E-state index in [1.807, 2.05) is 0 Å². The lowest BCUT2D eigenvalue weighted by Crippen LogP contribution is -2.22. The zero-order chi connectivity index (χ0) is 21.7. The van der Waals surface area contributed by atoms with Gasteiger partial charge in [0.25, 0.3) is 0 Å². The molecule has 5 nitrogen and oxygen atoms in total. The number of likely N-dealkylation sites (tertiary alicyclic amines) is 1. The van der Waals surface area contributed by atoms with Gasteiger partial charge in [0.05, 0.1) is 31.0 Å². The first-order valence-corrected chi connectivity index (χ1v) is 10.5. The molecule has 0 aliphatic carbocycles. The molecule has 0 N–H and O–H groups in total. The molecule has 0 unspecified atom stereocenters. The van der Waals surface area contributed by atoms with Crippen molar-refractivity contribution in [1.29, 1.82) is 5.26 Å². The van der Waals surface area contributed by atoms with Gasteiger partial charge < -0.3 is 14.4 Å². The zero-order valence-corrected chi connectivity index (χ0v) is 17.6. The van der Waals surface area contributed by atoms with Crippen LogP contribution in [0.2, 0.25) is 0 Å². The maximum Gasteiger partial charge on any atom is 0.417 e. The molecule has 3 rings (SSSR count). The average Bonchev–Trinajstić information content (AvgIpc) is 3.25. The number of halogens is 3. The summed E-state index contributed by atoms with van der Waals surface area (Å²) in [6.45, 7) is 2.75. The molecule has 0 amide bonds. The third kappa shape index (κ3) is 4.99. The highest BCUT2D eigenvalue weighted by Gasteiger charge is 2.36. The van der Waals surface area contributed by atoms with Gasteiger partial charge in [-0.2, -0.15) is 18.4 Å². The summed E-state index contributed by atoms with van der Waals surface area (Å²) in [5, 5.41) is 9.53. The number of hydrogen-bond donors (Lipinski definition) is 0. The third-order valence-corrected chi connectivity index (χ3v) is 5.88. The summed E-state index contributed by atoms with van der Waals surface area (Å²) in [4.78, 5) is 6.67. The quantitative estimate of drug-likeness (QED) is 0.578. The molecule has 9 heteroatoms. The van der Waals surface area contributed by atoms with Gasteiger partial charge in [-0.1, -0.05) is 0 Å². The van der Waals surface area contributed by atoms with Crippen LogP contribution in [0.25, 0.3) is 11.3 Å². The lowest BCUT2D eigenvalue weighted by molar-refractivity contribution is -0.138. The van der Waals surface area contributed by atoms with Gasteiger partial charge in [0.1, 0.15) is 11.1 Å². The van der Waals surface area contributed by atoms with Gasteiger partial charge >= 0.3 is 6.18 Å². The number of benzene rings is 1. The molecule has 1 aliphatic heterocycles. The Morgan fingerprint density at radius 3 is 2.43 bits per heavy atom.